The SMILES string of the molecule is CCOC(=O)CN(C(=O)[C@@H](NC(=O)OCc1ccccc1)C(C)C)C1CC2CCC1C2. The third-order valence-corrected chi connectivity index (χ3v) is 6.41. The smallest absolute Gasteiger partial charge is 0.408 e. The zero-order valence-corrected chi connectivity index (χ0v) is 18.7. The van der Waals surface area contributed by atoms with Gasteiger partial charge in [-0.25, -0.2) is 4.79 Å². The van der Waals surface area contributed by atoms with E-state index in [0.717, 1.165) is 24.8 Å². The van der Waals surface area contributed by atoms with Gasteiger partial charge in [-0.15, -0.1) is 0 Å². The van der Waals surface area contributed by atoms with Gasteiger partial charge < -0.3 is 19.7 Å². The first-order valence-corrected chi connectivity index (χ1v) is 11.3. The maximum atomic E-state index is 13.5. The van der Waals surface area contributed by atoms with Crippen molar-refractivity contribution in [3.8, 4) is 0 Å². The van der Waals surface area contributed by atoms with Crippen LogP contribution in [0.1, 0.15) is 52.0 Å². The Labute approximate surface area is 184 Å². The molecule has 2 aliphatic carbocycles. The highest BCUT2D eigenvalue weighted by molar-refractivity contribution is 5.89. The Balaban J connectivity index is 1.68. The maximum Gasteiger partial charge on any atom is 0.408 e. The second kappa shape index (κ2) is 10.6. The number of fused-ring (bicyclic) bond motifs is 2. The van der Waals surface area contributed by atoms with Gasteiger partial charge in [0.2, 0.25) is 5.91 Å². The average Bonchev–Trinajstić information content (AvgIpc) is 3.38. The summed E-state index contributed by atoms with van der Waals surface area (Å²) in [5.41, 5.74) is 0.871. The van der Waals surface area contributed by atoms with Crippen LogP contribution in [0, 0.1) is 17.8 Å². The number of hydrogen-bond donors (Lipinski definition) is 1. The molecule has 0 aliphatic heterocycles. The summed E-state index contributed by atoms with van der Waals surface area (Å²) in [6, 6.07) is 8.64. The summed E-state index contributed by atoms with van der Waals surface area (Å²) >= 11 is 0. The van der Waals surface area contributed by atoms with E-state index in [1.54, 1.807) is 11.8 Å². The van der Waals surface area contributed by atoms with Crippen molar-refractivity contribution in [3.05, 3.63) is 35.9 Å². The molecule has 4 atom stereocenters. The Hall–Kier alpha value is -2.57. The minimum Gasteiger partial charge on any atom is -0.465 e. The van der Waals surface area contributed by atoms with Crippen molar-refractivity contribution >= 4 is 18.0 Å². The number of esters is 1. The molecule has 0 aromatic heterocycles. The number of benzene rings is 1. The van der Waals surface area contributed by atoms with Crippen molar-refractivity contribution < 1.29 is 23.9 Å². The van der Waals surface area contributed by atoms with Crippen LogP contribution in [0.2, 0.25) is 0 Å². The molecule has 2 amide bonds. The number of nitrogens with zero attached hydrogens (tertiary/aromatic N) is 1. The molecule has 7 nitrogen and oxygen atoms in total. The molecule has 0 heterocycles. The predicted molar refractivity (Wildman–Crippen MR) is 116 cm³/mol. The molecular formula is C24H34N2O5. The van der Waals surface area contributed by atoms with Crippen LogP contribution in [0.25, 0.3) is 0 Å². The largest absolute Gasteiger partial charge is 0.465 e. The molecule has 31 heavy (non-hydrogen) atoms. The molecule has 2 saturated carbocycles. The van der Waals surface area contributed by atoms with Crippen LogP contribution >= 0.6 is 0 Å². The standard InChI is InChI=1S/C24H34N2O5/c1-4-30-21(27)14-26(20-13-18-10-11-19(20)12-18)23(28)22(16(2)3)25-24(29)31-15-17-8-6-5-7-9-17/h5-9,16,18-20,22H,4,10-15H2,1-3H3,(H,25,29)/t18?,19?,20?,22-/m0/s1. The number of hydrogen-bond acceptors (Lipinski definition) is 5. The van der Waals surface area contributed by atoms with Crippen LogP contribution in [0.5, 0.6) is 0 Å². The molecule has 1 aromatic carbocycles. The molecule has 2 bridgehead atoms. The summed E-state index contributed by atoms with van der Waals surface area (Å²) in [5.74, 6) is 0.236. The summed E-state index contributed by atoms with van der Waals surface area (Å²) in [7, 11) is 0. The predicted octanol–water partition coefficient (Wildman–Crippen LogP) is 3.52. The van der Waals surface area contributed by atoms with Crippen LogP contribution < -0.4 is 5.32 Å². The first-order valence-electron chi connectivity index (χ1n) is 11.3. The van der Waals surface area contributed by atoms with E-state index in [-0.39, 0.29) is 37.6 Å². The average molecular weight is 431 g/mol. The van der Waals surface area contributed by atoms with Gasteiger partial charge in [-0.1, -0.05) is 50.6 Å². The monoisotopic (exact) mass is 430 g/mol. The van der Waals surface area contributed by atoms with Crippen molar-refractivity contribution in [2.24, 2.45) is 17.8 Å². The summed E-state index contributed by atoms with van der Waals surface area (Å²) < 4.78 is 10.4. The summed E-state index contributed by atoms with van der Waals surface area (Å²) in [4.78, 5) is 39.9. The minimum absolute atomic E-state index is 0.0269. The lowest BCUT2D eigenvalue weighted by atomic mass is 9.92. The van der Waals surface area contributed by atoms with E-state index in [4.69, 9.17) is 9.47 Å². The van der Waals surface area contributed by atoms with Crippen LogP contribution in [0.3, 0.4) is 0 Å². The van der Waals surface area contributed by atoms with Crippen LogP contribution in [0.15, 0.2) is 30.3 Å². The van der Waals surface area contributed by atoms with Gasteiger partial charge in [0.1, 0.15) is 19.2 Å². The lowest BCUT2D eigenvalue weighted by Gasteiger charge is -2.37. The molecule has 3 rings (SSSR count). The topological polar surface area (TPSA) is 84.9 Å². The molecule has 3 unspecified atom stereocenters. The van der Waals surface area contributed by atoms with E-state index in [9.17, 15) is 14.4 Å². The molecule has 0 spiro atoms. The third kappa shape index (κ3) is 5.99. The number of nitrogens with one attached hydrogen (secondary N) is 1. The number of ether oxygens (including phenoxy) is 2. The Morgan fingerprint density at radius 1 is 1.10 bits per heavy atom. The first-order chi connectivity index (χ1) is 14.9. The minimum atomic E-state index is -0.767. The highest BCUT2D eigenvalue weighted by Crippen LogP contribution is 2.46. The number of carbonyl (C=O) groups excluding carboxylic acids is 3. The van der Waals surface area contributed by atoms with Gasteiger partial charge in [0.15, 0.2) is 0 Å². The number of amides is 2. The first kappa shape index (κ1) is 23.1. The number of rotatable bonds is 9. The molecule has 0 saturated heterocycles. The Bertz CT molecular complexity index is 766. The van der Waals surface area contributed by atoms with E-state index in [0.29, 0.717) is 11.8 Å². The van der Waals surface area contributed by atoms with E-state index in [2.05, 4.69) is 5.32 Å². The Morgan fingerprint density at radius 3 is 2.42 bits per heavy atom. The van der Waals surface area contributed by atoms with Crippen molar-refractivity contribution in [1.82, 2.24) is 10.2 Å². The zero-order valence-electron chi connectivity index (χ0n) is 18.7. The maximum absolute atomic E-state index is 13.5. The fraction of sp³-hybridized carbons (Fsp3) is 0.625. The Morgan fingerprint density at radius 2 is 1.84 bits per heavy atom. The molecule has 170 valence electrons. The number of alkyl carbamates (subject to hydrolysis) is 1. The normalized spacial score (nSPS) is 22.8. The molecule has 2 aliphatic rings. The fourth-order valence-electron chi connectivity index (χ4n) is 4.88. The van der Waals surface area contributed by atoms with Crippen molar-refractivity contribution in [2.45, 2.75) is 65.1 Å². The van der Waals surface area contributed by atoms with Gasteiger partial charge in [0, 0.05) is 6.04 Å². The van der Waals surface area contributed by atoms with Crippen molar-refractivity contribution in [1.29, 1.82) is 0 Å². The quantitative estimate of drug-likeness (QED) is 0.606. The highest BCUT2D eigenvalue weighted by atomic mass is 16.5. The van der Waals surface area contributed by atoms with Gasteiger partial charge in [-0.05, 0) is 49.5 Å². The lowest BCUT2D eigenvalue weighted by molar-refractivity contribution is -0.152. The van der Waals surface area contributed by atoms with E-state index in [1.165, 1.54) is 6.42 Å². The fourth-order valence-corrected chi connectivity index (χ4v) is 4.88. The zero-order chi connectivity index (χ0) is 22.4. The molecule has 7 heteroatoms. The second-order valence-electron chi connectivity index (χ2n) is 8.94. The summed E-state index contributed by atoms with van der Waals surface area (Å²) in [6.45, 7) is 5.83. The Kier molecular flexibility index (Phi) is 7.93. The van der Waals surface area contributed by atoms with Gasteiger partial charge in [-0.2, -0.15) is 0 Å². The van der Waals surface area contributed by atoms with Crippen LogP contribution in [0.4, 0.5) is 4.79 Å². The molecule has 1 N–H and O–H groups in total. The van der Waals surface area contributed by atoms with E-state index >= 15 is 0 Å². The summed E-state index contributed by atoms with van der Waals surface area (Å²) in [5, 5.41) is 2.74. The molecular weight excluding hydrogens is 396 g/mol. The van der Waals surface area contributed by atoms with Crippen LogP contribution in [-0.2, 0) is 25.7 Å². The van der Waals surface area contributed by atoms with E-state index < -0.39 is 18.1 Å². The van der Waals surface area contributed by atoms with Gasteiger partial charge in [-0.3, -0.25) is 9.59 Å². The van der Waals surface area contributed by atoms with Crippen LogP contribution in [-0.4, -0.2) is 48.1 Å². The second-order valence-corrected chi connectivity index (χ2v) is 8.94. The van der Waals surface area contributed by atoms with Gasteiger partial charge in [0.25, 0.3) is 0 Å². The highest BCUT2D eigenvalue weighted by Gasteiger charge is 2.46. The summed E-state index contributed by atoms with van der Waals surface area (Å²) in [6.07, 6.45) is 3.66. The van der Waals surface area contributed by atoms with E-state index in [1.807, 2.05) is 44.2 Å². The lowest BCUT2D eigenvalue weighted by Crippen LogP contribution is -2.56. The van der Waals surface area contributed by atoms with Gasteiger partial charge >= 0.3 is 12.1 Å². The molecule has 0 radical (unpaired) electrons. The number of carbonyl (C=O) groups is 3. The molecule has 2 fully saturated rings. The van der Waals surface area contributed by atoms with Gasteiger partial charge in [0.05, 0.1) is 6.61 Å². The van der Waals surface area contributed by atoms with Crippen molar-refractivity contribution in [3.63, 3.8) is 0 Å². The third-order valence-electron chi connectivity index (χ3n) is 6.41. The molecule has 1 aromatic rings. The van der Waals surface area contributed by atoms with Crippen molar-refractivity contribution in [2.75, 3.05) is 13.2 Å².